The number of hydrogen-bond donors (Lipinski definition) is 0. The lowest BCUT2D eigenvalue weighted by Gasteiger charge is -1.98. The summed E-state index contributed by atoms with van der Waals surface area (Å²) in [5.74, 6) is -3.07. The summed E-state index contributed by atoms with van der Waals surface area (Å²) in [5, 5.41) is 0.485. The van der Waals surface area contributed by atoms with Gasteiger partial charge >= 0.3 is 0 Å². The SMILES string of the molecule is C(OCC1CO1)C1CO1.O=P(Cl)(Cl)c1ccccc1. The van der Waals surface area contributed by atoms with Crippen LogP contribution >= 0.6 is 28.3 Å². The molecule has 2 atom stereocenters. The highest BCUT2D eigenvalue weighted by Gasteiger charge is 2.26. The predicted molar refractivity (Wildman–Crippen MR) is 75.7 cm³/mol. The third-order valence-corrected chi connectivity index (χ3v) is 4.54. The first-order valence-corrected chi connectivity index (χ1v) is 9.43. The Kier molecular flexibility index (Phi) is 5.70. The molecule has 0 saturated carbocycles. The molecule has 0 aromatic heterocycles. The van der Waals surface area contributed by atoms with E-state index in [4.69, 9.17) is 36.7 Å². The van der Waals surface area contributed by atoms with Gasteiger partial charge < -0.3 is 14.2 Å². The molecule has 2 heterocycles. The Hall–Kier alpha value is -0.0900. The van der Waals surface area contributed by atoms with Crippen LogP contribution in [0.5, 0.6) is 0 Å². The largest absolute Gasteiger partial charge is 0.376 e. The zero-order valence-electron chi connectivity index (χ0n) is 10.2. The molecule has 1 aromatic carbocycles. The molecule has 2 unspecified atom stereocenters. The van der Waals surface area contributed by atoms with E-state index in [2.05, 4.69) is 0 Å². The summed E-state index contributed by atoms with van der Waals surface area (Å²) in [6.07, 6.45) is 0.785. The van der Waals surface area contributed by atoms with Gasteiger partial charge in [0.2, 0.25) is 0 Å². The Balaban J connectivity index is 0.000000141. The van der Waals surface area contributed by atoms with E-state index < -0.39 is 5.85 Å². The molecule has 0 spiro atoms. The van der Waals surface area contributed by atoms with Gasteiger partial charge in [-0.3, -0.25) is 4.57 Å². The van der Waals surface area contributed by atoms with Crippen LogP contribution in [0.4, 0.5) is 0 Å². The Labute approximate surface area is 121 Å². The summed E-state index contributed by atoms with van der Waals surface area (Å²) in [6, 6.07) is 8.58. The third kappa shape index (κ3) is 6.75. The van der Waals surface area contributed by atoms with Crippen molar-refractivity contribution in [3.63, 3.8) is 0 Å². The monoisotopic (exact) mass is 324 g/mol. The van der Waals surface area contributed by atoms with Crippen molar-refractivity contribution in [1.82, 2.24) is 0 Å². The summed E-state index contributed by atoms with van der Waals surface area (Å²) >= 11 is 10.8. The van der Waals surface area contributed by atoms with E-state index in [9.17, 15) is 4.57 Å². The molecule has 2 saturated heterocycles. The minimum absolute atomic E-state index is 0.392. The molecule has 3 rings (SSSR count). The molecular formula is C12H15Cl2O4P. The molecule has 7 heteroatoms. The average molecular weight is 325 g/mol. The maximum Gasteiger partial charge on any atom is 0.281 e. The lowest BCUT2D eigenvalue weighted by molar-refractivity contribution is 0.102. The van der Waals surface area contributed by atoms with E-state index in [1.807, 2.05) is 6.07 Å². The summed E-state index contributed by atoms with van der Waals surface area (Å²) in [4.78, 5) is 0. The molecule has 0 aliphatic carbocycles. The van der Waals surface area contributed by atoms with Crippen LogP contribution in [0.3, 0.4) is 0 Å². The Bertz CT molecular complexity index is 417. The smallest absolute Gasteiger partial charge is 0.281 e. The van der Waals surface area contributed by atoms with Gasteiger partial charge in [-0.05, 0) is 34.6 Å². The van der Waals surface area contributed by atoms with Crippen LogP contribution in [0.1, 0.15) is 0 Å². The summed E-state index contributed by atoms with van der Waals surface area (Å²) in [6.45, 7) is 3.26. The topological polar surface area (TPSA) is 51.4 Å². The van der Waals surface area contributed by atoms with Crippen LogP contribution in [-0.2, 0) is 18.8 Å². The predicted octanol–water partition coefficient (Wildman–Crippen LogP) is 2.78. The van der Waals surface area contributed by atoms with E-state index in [1.165, 1.54) is 0 Å². The minimum Gasteiger partial charge on any atom is -0.376 e. The van der Waals surface area contributed by atoms with Crippen LogP contribution in [0.25, 0.3) is 0 Å². The zero-order chi connectivity index (χ0) is 13.7. The summed E-state index contributed by atoms with van der Waals surface area (Å²) in [5.41, 5.74) is 0. The van der Waals surface area contributed by atoms with Gasteiger partial charge in [-0.15, -0.1) is 0 Å². The Morgan fingerprint density at radius 3 is 1.89 bits per heavy atom. The minimum atomic E-state index is -3.07. The van der Waals surface area contributed by atoms with Crippen molar-refractivity contribution < 1.29 is 18.8 Å². The molecule has 0 amide bonds. The van der Waals surface area contributed by atoms with Gasteiger partial charge in [0, 0.05) is 5.30 Å². The van der Waals surface area contributed by atoms with Crippen LogP contribution in [0.15, 0.2) is 30.3 Å². The third-order valence-electron chi connectivity index (χ3n) is 2.47. The van der Waals surface area contributed by atoms with E-state index in [0.29, 0.717) is 17.5 Å². The standard InChI is InChI=1S/C6H5Cl2OP.C6H10O3/c7-10(8,9)6-4-2-1-3-5-6;1(5-3-8-5)7-2-6-4-9-6/h1-5H;5-6H,1-4H2. The highest BCUT2D eigenvalue weighted by molar-refractivity contribution is 8.13. The molecule has 2 aliphatic heterocycles. The molecule has 1 aromatic rings. The van der Waals surface area contributed by atoms with Crippen LogP contribution in [0, 0.1) is 0 Å². The fraction of sp³-hybridized carbons (Fsp3) is 0.500. The van der Waals surface area contributed by atoms with Gasteiger partial charge in [0.05, 0.1) is 26.4 Å². The normalized spacial score (nSPS) is 24.3. The van der Waals surface area contributed by atoms with Crippen molar-refractivity contribution >= 4 is 33.6 Å². The first kappa shape index (κ1) is 15.3. The molecule has 0 bridgehead atoms. The van der Waals surface area contributed by atoms with Crippen molar-refractivity contribution in [3.05, 3.63) is 30.3 Å². The first-order chi connectivity index (χ1) is 9.05. The molecule has 2 aliphatic rings. The number of hydrogen-bond acceptors (Lipinski definition) is 4. The van der Waals surface area contributed by atoms with Gasteiger partial charge in [0.1, 0.15) is 12.2 Å². The molecule has 0 N–H and O–H groups in total. The second kappa shape index (κ2) is 7.07. The van der Waals surface area contributed by atoms with Crippen molar-refractivity contribution in [2.45, 2.75) is 12.2 Å². The second-order valence-corrected chi connectivity index (χ2v) is 9.06. The van der Waals surface area contributed by atoms with Gasteiger partial charge in [-0.2, -0.15) is 0 Å². The Morgan fingerprint density at radius 1 is 1.11 bits per heavy atom. The van der Waals surface area contributed by atoms with Gasteiger partial charge in [0.25, 0.3) is 5.85 Å². The lowest BCUT2D eigenvalue weighted by atomic mass is 10.4. The second-order valence-electron chi connectivity index (χ2n) is 4.25. The summed E-state index contributed by atoms with van der Waals surface area (Å²) < 4.78 is 26.1. The van der Waals surface area contributed by atoms with E-state index in [0.717, 1.165) is 26.4 Å². The maximum atomic E-state index is 10.9. The fourth-order valence-electron chi connectivity index (χ4n) is 1.26. The van der Waals surface area contributed by atoms with E-state index >= 15 is 0 Å². The molecule has 19 heavy (non-hydrogen) atoms. The number of halogens is 2. The molecule has 0 radical (unpaired) electrons. The van der Waals surface area contributed by atoms with Crippen LogP contribution in [0.2, 0.25) is 0 Å². The highest BCUT2D eigenvalue weighted by atomic mass is 35.9. The van der Waals surface area contributed by atoms with Crippen molar-refractivity contribution in [2.75, 3.05) is 26.4 Å². The molecule has 4 nitrogen and oxygen atoms in total. The first-order valence-electron chi connectivity index (χ1n) is 5.91. The highest BCUT2D eigenvalue weighted by Crippen LogP contribution is 2.54. The van der Waals surface area contributed by atoms with Crippen molar-refractivity contribution in [3.8, 4) is 0 Å². The molecule has 106 valence electrons. The molecule has 2 fully saturated rings. The van der Waals surface area contributed by atoms with Gasteiger partial charge in [0.15, 0.2) is 0 Å². The van der Waals surface area contributed by atoms with E-state index in [1.54, 1.807) is 24.3 Å². The van der Waals surface area contributed by atoms with Crippen LogP contribution < -0.4 is 5.30 Å². The maximum absolute atomic E-state index is 10.9. The van der Waals surface area contributed by atoms with E-state index in [-0.39, 0.29) is 0 Å². The number of ether oxygens (including phenoxy) is 3. The van der Waals surface area contributed by atoms with Gasteiger partial charge in [-0.1, -0.05) is 18.2 Å². The van der Waals surface area contributed by atoms with Gasteiger partial charge in [-0.25, -0.2) is 0 Å². The summed E-state index contributed by atoms with van der Waals surface area (Å²) in [7, 11) is 0. The van der Waals surface area contributed by atoms with Crippen molar-refractivity contribution in [1.29, 1.82) is 0 Å². The Morgan fingerprint density at radius 2 is 1.58 bits per heavy atom. The quantitative estimate of drug-likeness (QED) is 0.617. The number of benzene rings is 1. The van der Waals surface area contributed by atoms with Crippen molar-refractivity contribution in [2.24, 2.45) is 0 Å². The zero-order valence-corrected chi connectivity index (χ0v) is 12.6. The average Bonchev–Trinajstić information content (AvgIpc) is 3.25. The van der Waals surface area contributed by atoms with Crippen LogP contribution in [-0.4, -0.2) is 38.6 Å². The lowest BCUT2D eigenvalue weighted by Crippen LogP contribution is -2.06. The molecular weight excluding hydrogens is 310 g/mol. The fourth-order valence-corrected chi connectivity index (χ4v) is 2.46. The number of rotatable bonds is 5. The number of epoxide rings is 2.